The van der Waals surface area contributed by atoms with Crippen LogP contribution >= 0.6 is 0 Å². The summed E-state index contributed by atoms with van der Waals surface area (Å²) in [7, 11) is 0. The molecule has 0 saturated carbocycles. The van der Waals surface area contributed by atoms with Crippen LogP contribution in [0.3, 0.4) is 0 Å². The fourth-order valence-electron chi connectivity index (χ4n) is 1.42. The SMILES string of the molecule is CC(C)C[C@@H]([C]=O)NC(=O)OCc1ccncc1. The van der Waals surface area contributed by atoms with Crippen molar-refractivity contribution in [3.05, 3.63) is 30.1 Å². The van der Waals surface area contributed by atoms with E-state index < -0.39 is 12.1 Å². The van der Waals surface area contributed by atoms with Crippen LogP contribution in [0.15, 0.2) is 24.5 Å². The number of ether oxygens (including phenoxy) is 1. The Balaban J connectivity index is 2.34. The molecule has 5 heteroatoms. The third kappa shape index (κ3) is 5.43. The minimum atomic E-state index is -0.616. The number of hydrogen-bond acceptors (Lipinski definition) is 4. The third-order valence-corrected chi connectivity index (χ3v) is 2.26. The van der Waals surface area contributed by atoms with Crippen LogP contribution in [0.5, 0.6) is 0 Å². The number of carbonyl (C=O) groups excluding carboxylic acids is 2. The molecule has 5 nitrogen and oxygen atoms in total. The molecule has 0 aliphatic carbocycles. The number of hydrogen-bond donors (Lipinski definition) is 1. The lowest BCUT2D eigenvalue weighted by atomic mass is 10.1. The topological polar surface area (TPSA) is 68.3 Å². The third-order valence-electron chi connectivity index (χ3n) is 2.26. The van der Waals surface area contributed by atoms with Gasteiger partial charge in [0.05, 0.1) is 6.04 Å². The highest BCUT2D eigenvalue weighted by molar-refractivity contribution is 5.73. The zero-order valence-corrected chi connectivity index (χ0v) is 10.6. The number of aromatic nitrogens is 1. The molecule has 0 aromatic carbocycles. The first kappa shape index (κ1) is 14.2. The van der Waals surface area contributed by atoms with Gasteiger partial charge in [-0.25, -0.2) is 4.79 Å². The lowest BCUT2D eigenvalue weighted by Crippen LogP contribution is -2.37. The molecule has 1 radical (unpaired) electrons. The Bertz CT molecular complexity index is 379. The minimum Gasteiger partial charge on any atom is -0.445 e. The van der Waals surface area contributed by atoms with Crippen LogP contribution in [-0.2, 0) is 16.1 Å². The van der Waals surface area contributed by atoms with E-state index in [1.165, 1.54) is 0 Å². The van der Waals surface area contributed by atoms with Crippen molar-refractivity contribution in [3.8, 4) is 0 Å². The first-order valence-electron chi connectivity index (χ1n) is 5.81. The average Bonchev–Trinajstić information content (AvgIpc) is 2.36. The highest BCUT2D eigenvalue weighted by Gasteiger charge is 2.14. The number of rotatable bonds is 6. The van der Waals surface area contributed by atoms with Gasteiger partial charge in [-0.05, 0) is 30.0 Å². The standard InChI is InChI=1S/C13H17N2O3/c1-10(2)7-12(8-16)15-13(17)18-9-11-3-5-14-6-4-11/h3-6,10,12H,7,9H2,1-2H3,(H,15,17)/t12-/m0/s1. The summed E-state index contributed by atoms with van der Waals surface area (Å²) in [4.78, 5) is 25.9. The normalized spacial score (nSPS) is 11.9. The minimum absolute atomic E-state index is 0.154. The van der Waals surface area contributed by atoms with Crippen LogP contribution in [0.25, 0.3) is 0 Å². The maximum absolute atomic E-state index is 11.4. The lowest BCUT2D eigenvalue weighted by molar-refractivity contribution is 0.137. The van der Waals surface area contributed by atoms with Gasteiger partial charge in [-0.3, -0.25) is 9.78 Å². The maximum atomic E-state index is 11.4. The van der Waals surface area contributed by atoms with Crippen LogP contribution < -0.4 is 5.32 Å². The average molecular weight is 249 g/mol. The van der Waals surface area contributed by atoms with Gasteiger partial charge in [0.2, 0.25) is 6.29 Å². The molecule has 1 atom stereocenters. The van der Waals surface area contributed by atoms with Crippen molar-refractivity contribution >= 4 is 12.4 Å². The van der Waals surface area contributed by atoms with E-state index in [2.05, 4.69) is 10.3 Å². The molecule has 1 heterocycles. The van der Waals surface area contributed by atoms with E-state index >= 15 is 0 Å². The quantitative estimate of drug-likeness (QED) is 0.835. The Kier molecular flexibility index (Phi) is 5.84. The molecule has 0 aliphatic heterocycles. The molecule has 1 aromatic rings. The molecule has 0 unspecified atom stereocenters. The number of pyridine rings is 1. The molecule has 18 heavy (non-hydrogen) atoms. The summed E-state index contributed by atoms with van der Waals surface area (Å²) in [6, 6.07) is 2.89. The van der Waals surface area contributed by atoms with Gasteiger partial charge in [-0.1, -0.05) is 13.8 Å². The van der Waals surface area contributed by atoms with E-state index in [0.717, 1.165) is 5.56 Å². The number of amides is 1. The second-order valence-electron chi connectivity index (χ2n) is 4.38. The molecule has 1 rings (SSSR count). The fraction of sp³-hybridized carbons (Fsp3) is 0.462. The Morgan fingerprint density at radius 2 is 2.11 bits per heavy atom. The number of carbonyl (C=O) groups is 1. The number of alkyl carbamates (subject to hydrolysis) is 1. The first-order valence-corrected chi connectivity index (χ1v) is 5.81. The molecule has 1 amide bonds. The molecule has 0 fully saturated rings. The number of nitrogens with zero attached hydrogens (tertiary/aromatic N) is 1. The maximum Gasteiger partial charge on any atom is 0.408 e. The summed E-state index contributed by atoms with van der Waals surface area (Å²) in [5, 5.41) is 2.47. The Hall–Kier alpha value is -1.91. The van der Waals surface area contributed by atoms with Crippen molar-refractivity contribution in [3.63, 3.8) is 0 Å². The molecule has 0 aliphatic rings. The molecule has 97 valence electrons. The van der Waals surface area contributed by atoms with Crippen molar-refractivity contribution in [2.75, 3.05) is 0 Å². The van der Waals surface area contributed by atoms with Crippen LogP contribution in [-0.4, -0.2) is 23.4 Å². The van der Waals surface area contributed by atoms with Crippen molar-refractivity contribution in [1.29, 1.82) is 0 Å². The Morgan fingerprint density at radius 3 is 2.67 bits per heavy atom. The number of nitrogens with one attached hydrogen (secondary N) is 1. The molecule has 1 N–H and O–H groups in total. The predicted molar refractivity (Wildman–Crippen MR) is 66.5 cm³/mol. The summed E-state index contributed by atoms with van der Waals surface area (Å²) >= 11 is 0. The van der Waals surface area contributed by atoms with Crippen LogP contribution in [0.4, 0.5) is 4.79 Å². The Morgan fingerprint density at radius 1 is 1.44 bits per heavy atom. The molecular weight excluding hydrogens is 232 g/mol. The zero-order chi connectivity index (χ0) is 13.4. The van der Waals surface area contributed by atoms with Crippen molar-refractivity contribution < 1.29 is 14.3 Å². The summed E-state index contributed by atoms with van der Waals surface area (Å²) < 4.78 is 4.99. The van der Waals surface area contributed by atoms with E-state index in [4.69, 9.17) is 4.74 Å². The van der Waals surface area contributed by atoms with Gasteiger partial charge in [0.25, 0.3) is 0 Å². The second-order valence-corrected chi connectivity index (χ2v) is 4.38. The van der Waals surface area contributed by atoms with Gasteiger partial charge < -0.3 is 10.1 Å². The van der Waals surface area contributed by atoms with Gasteiger partial charge in [-0.2, -0.15) is 0 Å². The van der Waals surface area contributed by atoms with E-state index in [-0.39, 0.29) is 6.61 Å². The lowest BCUT2D eigenvalue weighted by Gasteiger charge is -2.14. The van der Waals surface area contributed by atoms with Crippen molar-refractivity contribution in [2.45, 2.75) is 32.9 Å². The summed E-state index contributed by atoms with van der Waals surface area (Å²) in [6.45, 7) is 4.09. The summed E-state index contributed by atoms with van der Waals surface area (Å²) in [5.41, 5.74) is 0.843. The van der Waals surface area contributed by atoms with Gasteiger partial charge in [-0.15, -0.1) is 0 Å². The van der Waals surface area contributed by atoms with Gasteiger partial charge in [0.15, 0.2) is 0 Å². The van der Waals surface area contributed by atoms with Crippen LogP contribution in [0.1, 0.15) is 25.8 Å². The molecule has 0 bridgehead atoms. The fourth-order valence-corrected chi connectivity index (χ4v) is 1.42. The van der Waals surface area contributed by atoms with Crippen LogP contribution in [0.2, 0.25) is 0 Å². The highest BCUT2D eigenvalue weighted by Crippen LogP contribution is 2.04. The van der Waals surface area contributed by atoms with E-state index in [9.17, 15) is 9.59 Å². The van der Waals surface area contributed by atoms with E-state index in [0.29, 0.717) is 12.3 Å². The van der Waals surface area contributed by atoms with Gasteiger partial charge in [0.1, 0.15) is 6.61 Å². The molecule has 0 saturated heterocycles. The molecule has 1 aromatic heterocycles. The van der Waals surface area contributed by atoms with Gasteiger partial charge >= 0.3 is 6.09 Å². The van der Waals surface area contributed by atoms with E-state index in [1.807, 2.05) is 13.8 Å². The molecule has 0 spiro atoms. The first-order chi connectivity index (χ1) is 8.61. The van der Waals surface area contributed by atoms with Gasteiger partial charge in [0, 0.05) is 12.4 Å². The highest BCUT2D eigenvalue weighted by atomic mass is 16.5. The largest absolute Gasteiger partial charge is 0.445 e. The predicted octanol–water partition coefficient (Wildman–Crippen LogP) is 1.83. The summed E-state index contributed by atoms with van der Waals surface area (Å²) in [6.07, 6.45) is 4.97. The monoisotopic (exact) mass is 249 g/mol. The van der Waals surface area contributed by atoms with Crippen LogP contribution in [0, 0.1) is 5.92 Å². The van der Waals surface area contributed by atoms with Crippen molar-refractivity contribution in [2.24, 2.45) is 5.92 Å². The van der Waals surface area contributed by atoms with Crippen molar-refractivity contribution in [1.82, 2.24) is 10.3 Å². The second kappa shape index (κ2) is 7.42. The smallest absolute Gasteiger partial charge is 0.408 e. The summed E-state index contributed by atoms with van der Waals surface area (Å²) in [5.74, 6) is 0.303. The molecular formula is C13H17N2O3. The zero-order valence-electron chi connectivity index (χ0n) is 10.6. The Labute approximate surface area is 107 Å². The van der Waals surface area contributed by atoms with E-state index in [1.54, 1.807) is 30.8 Å².